The van der Waals surface area contributed by atoms with Crippen molar-refractivity contribution in [2.75, 3.05) is 0 Å². The van der Waals surface area contributed by atoms with E-state index in [2.05, 4.69) is 4.98 Å². The van der Waals surface area contributed by atoms with Gasteiger partial charge in [-0.1, -0.05) is 0 Å². The lowest BCUT2D eigenvalue weighted by Crippen LogP contribution is -2.21. The molecular weight excluding hydrogens is 285 g/mol. The molecule has 0 fully saturated rings. The highest BCUT2D eigenvalue weighted by atomic mass is 19.1. The Morgan fingerprint density at radius 3 is 2.73 bits per heavy atom. The highest BCUT2D eigenvalue weighted by Crippen LogP contribution is 2.26. The van der Waals surface area contributed by atoms with Crippen LogP contribution in [0, 0.1) is 17.1 Å². The van der Waals surface area contributed by atoms with E-state index in [0.717, 1.165) is 6.07 Å². The summed E-state index contributed by atoms with van der Waals surface area (Å²) in [4.78, 5) is 29.2. The van der Waals surface area contributed by atoms with Gasteiger partial charge in [0.05, 0.1) is 33.8 Å². The van der Waals surface area contributed by atoms with E-state index in [9.17, 15) is 14.0 Å². The summed E-state index contributed by atoms with van der Waals surface area (Å²) in [6, 6.07) is 10.1. The van der Waals surface area contributed by atoms with Crippen molar-refractivity contribution < 1.29 is 9.18 Å². The number of ketones is 1. The lowest BCUT2D eigenvalue weighted by atomic mass is 10.1. The van der Waals surface area contributed by atoms with Gasteiger partial charge in [0, 0.05) is 0 Å². The normalized spacial score (nSPS) is 12.1. The summed E-state index contributed by atoms with van der Waals surface area (Å²) in [5, 5.41) is 9.18. The van der Waals surface area contributed by atoms with E-state index >= 15 is 0 Å². The lowest BCUT2D eigenvalue weighted by molar-refractivity contribution is 0.103. The van der Waals surface area contributed by atoms with Crippen LogP contribution >= 0.6 is 0 Å². The minimum Gasteiger partial charge on any atom is -0.285 e. The summed E-state index contributed by atoms with van der Waals surface area (Å²) in [5.74, 6) is -1.08. The molecule has 0 saturated heterocycles. The Kier molecular flexibility index (Phi) is 2.31. The lowest BCUT2D eigenvalue weighted by Gasteiger charge is -2.05. The maximum atomic E-state index is 13.3. The van der Waals surface area contributed by atoms with E-state index in [-0.39, 0.29) is 16.8 Å². The highest BCUT2D eigenvalue weighted by molar-refractivity contribution is 6.13. The summed E-state index contributed by atoms with van der Waals surface area (Å²) in [7, 11) is 0. The fraction of sp³-hybridized carbons (Fsp3) is 0. The molecule has 3 aromatic rings. The standard InChI is InChI=1S/C16H6FN3O2/c17-9-2-4-13-11(6-9)14(21)15-19-12-3-1-8(7-18)5-10(12)16(22)20(13)15/h1-6H. The number of benzene rings is 2. The molecule has 0 amide bonds. The van der Waals surface area contributed by atoms with Gasteiger partial charge in [-0.05, 0) is 36.4 Å². The number of nitrogens with zero attached hydrogens (tertiary/aromatic N) is 3. The van der Waals surface area contributed by atoms with Crippen LogP contribution in [-0.2, 0) is 0 Å². The molecular formula is C16H6FN3O2. The van der Waals surface area contributed by atoms with Crippen molar-refractivity contribution in [1.82, 2.24) is 9.55 Å². The number of nitriles is 1. The molecule has 104 valence electrons. The molecule has 2 heterocycles. The van der Waals surface area contributed by atoms with E-state index in [1.807, 2.05) is 6.07 Å². The molecule has 0 saturated carbocycles. The monoisotopic (exact) mass is 291 g/mol. The molecule has 22 heavy (non-hydrogen) atoms. The molecule has 4 rings (SSSR count). The Bertz CT molecular complexity index is 1090. The second-order valence-corrected chi connectivity index (χ2v) is 4.91. The first-order chi connectivity index (χ1) is 10.6. The van der Waals surface area contributed by atoms with Crippen LogP contribution in [0.4, 0.5) is 4.39 Å². The van der Waals surface area contributed by atoms with Crippen LogP contribution in [0.15, 0.2) is 41.2 Å². The number of carbonyl (C=O) groups excluding carboxylic acids is 1. The van der Waals surface area contributed by atoms with Crippen LogP contribution in [0.25, 0.3) is 16.6 Å². The molecule has 0 unspecified atom stereocenters. The zero-order chi connectivity index (χ0) is 15.4. The summed E-state index contributed by atoms with van der Waals surface area (Å²) < 4.78 is 14.5. The predicted molar refractivity (Wildman–Crippen MR) is 75.4 cm³/mol. The van der Waals surface area contributed by atoms with Gasteiger partial charge in [0.25, 0.3) is 5.56 Å². The van der Waals surface area contributed by atoms with Crippen LogP contribution in [-0.4, -0.2) is 15.3 Å². The Morgan fingerprint density at radius 1 is 1.14 bits per heavy atom. The molecule has 0 atom stereocenters. The molecule has 5 nitrogen and oxygen atoms in total. The Hall–Kier alpha value is -3.33. The van der Waals surface area contributed by atoms with Crippen LogP contribution < -0.4 is 5.56 Å². The molecule has 2 aromatic carbocycles. The summed E-state index contributed by atoms with van der Waals surface area (Å²) >= 11 is 0. The number of aromatic nitrogens is 2. The largest absolute Gasteiger partial charge is 0.285 e. The minimum absolute atomic E-state index is 0.0391. The number of hydrogen-bond donors (Lipinski definition) is 0. The van der Waals surface area contributed by atoms with Crippen molar-refractivity contribution >= 4 is 16.7 Å². The van der Waals surface area contributed by atoms with E-state index in [0.29, 0.717) is 16.8 Å². The first-order valence-electron chi connectivity index (χ1n) is 6.41. The van der Waals surface area contributed by atoms with Gasteiger partial charge in [0.1, 0.15) is 5.82 Å². The second kappa shape index (κ2) is 4.09. The maximum absolute atomic E-state index is 13.3. The van der Waals surface area contributed by atoms with Crippen molar-refractivity contribution in [3.05, 3.63) is 69.5 Å². The molecule has 1 aliphatic rings. The fourth-order valence-electron chi connectivity index (χ4n) is 2.64. The first-order valence-corrected chi connectivity index (χ1v) is 6.41. The van der Waals surface area contributed by atoms with Crippen molar-refractivity contribution in [3.8, 4) is 11.8 Å². The molecule has 0 bridgehead atoms. The van der Waals surface area contributed by atoms with Gasteiger partial charge in [0.15, 0.2) is 5.82 Å². The van der Waals surface area contributed by atoms with Gasteiger partial charge in [-0.2, -0.15) is 5.26 Å². The van der Waals surface area contributed by atoms with E-state index in [1.54, 1.807) is 0 Å². The number of fused-ring (bicyclic) bond motifs is 4. The third-order valence-electron chi connectivity index (χ3n) is 3.64. The van der Waals surface area contributed by atoms with E-state index < -0.39 is 17.2 Å². The second-order valence-electron chi connectivity index (χ2n) is 4.91. The summed E-state index contributed by atoms with van der Waals surface area (Å²) in [5.41, 5.74) is 0.631. The van der Waals surface area contributed by atoms with Crippen LogP contribution in [0.3, 0.4) is 0 Å². The number of rotatable bonds is 0. The SMILES string of the molecule is N#Cc1ccc2nc3n(c(=O)c2c1)-c1ccc(F)cc1C3=O. The van der Waals surface area contributed by atoms with Crippen molar-refractivity contribution in [1.29, 1.82) is 5.26 Å². The van der Waals surface area contributed by atoms with Gasteiger partial charge in [-0.3, -0.25) is 14.2 Å². The maximum Gasteiger partial charge on any atom is 0.266 e. The Morgan fingerprint density at radius 2 is 1.95 bits per heavy atom. The van der Waals surface area contributed by atoms with E-state index in [4.69, 9.17) is 5.26 Å². The van der Waals surface area contributed by atoms with E-state index in [1.165, 1.54) is 34.9 Å². The number of carbonyl (C=O) groups is 1. The third-order valence-corrected chi connectivity index (χ3v) is 3.64. The fourth-order valence-corrected chi connectivity index (χ4v) is 2.64. The average molecular weight is 291 g/mol. The van der Waals surface area contributed by atoms with Crippen LogP contribution in [0.2, 0.25) is 0 Å². The first kappa shape index (κ1) is 12.4. The zero-order valence-corrected chi connectivity index (χ0v) is 11.0. The molecule has 1 aromatic heterocycles. The quantitative estimate of drug-likeness (QED) is 0.496. The van der Waals surface area contributed by atoms with Crippen molar-refractivity contribution in [3.63, 3.8) is 0 Å². The summed E-state index contributed by atoms with van der Waals surface area (Å²) in [6.07, 6.45) is 0. The molecule has 0 aliphatic carbocycles. The highest BCUT2D eigenvalue weighted by Gasteiger charge is 2.30. The van der Waals surface area contributed by atoms with Crippen LogP contribution in [0.5, 0.6) is 0 Å². The third kappa shape index (κ3) is 1.48. The van der Waals surface area contributed by atoms with Gasteiger partial charge in [-0.15, -0.1) is 0 Å². The number of halogens is 1. The Labute approximate surface area is 122 Å². The molecule has 6 heteroatoms. The van der Waals surface area contributed by atoms with Crippen molar-refractivity contribution in [2.45, 2.75) is 0 Å². The molecule has 0 spiro atoms. The van der Waals surface area contributed by atoms with Gasteiger partial charge in [0.2, 0.25) is 5.78 Å². The molecule has 0 radical (unpaired) electrons. The van der Waals surface area contributed by atoms with Gasteiger partial charge >= 0.3 is 0 Å². The van der Waals surface area contributed by atoms with Gasteiger partial charge in [-0.25, -0.2) is 9.37 Å². The minimum atomic E-state index is -0.552. The number of hydrogen-bond acceptors (Lipinski definition) is 4. The topological polar surface area (TPSA) is 75.8 Å². The van der Waals surface area contributed by atoms with Gasteiger partial charge < -0.3 is 0 Å². The smallest absolute Gasteiger partial charge is 0.266 e. The van der Waals surface area contributed by atoms with Crippen LogP contribution in [0.1, 0.15) is 21.7 Å². The molecule has 1 aliphatic heterocycles. The average Bonchev–Trinajstić information content (AvgIpc) is 2.80. The summed E-state index contributed by atoms with van der Waals surface area (Å²) in [6.45, 7) is 0. The zero-order valence-electron chi connectivity index (χ0n) is 11.0. The molecule has 0 N–H and O–H groups in total. The van der Waals surface area contributed by atoms with Crippen molar-refractivity contribution in [2.24, 2.45) is 0 Å². The predicted octanol–water partition coefficient (Wildman–Crippen LogP) is 1.94. The Balaban J connectivity index is 2.16.